The summed E-state index contributed by atoms with van der Waals surface area (Å²) in [5.41, 5.74) is -1.38. The minimum absolute atomic E-state index is 0.256. The molecule has 148 valence electrons. The van der Waals surface area contributed by atoms with Gasteiger partial charge in [0.05, 0.1) is 6.08 Å². The summed E-state index contributed by atoms with van der Waals surface area (Å²) in [5.74, 6) is -0.876. The molecule has 0 saturated heterocycles. The Morgan fingerprint density at radius 3 is 2.18 bits per heavy atom. The minimum Gasteiger partial charge on any atom is -0.337 e. The van der Waals surface area contributed by atoms with Crippen molar-refractivity contribution in [2.24, 2.45) is 0 Å². The van der Waals surface area contributed by atoms with E-state index in [1.165, 1.54) is 13.0 Å². The molecule has 0 aliphatic heterocycles. The Kier molecular flexibility index (Phi) is 6.74. The summed E-state index contributed by atoms with van der Waals surface area (Å²) in [5, 5.41) is 28.4. The number of allylic oxidation sites excluding steroid dienone is 2. The molecule has 0 heterocycles. The molecule has 2 rings (SSSR count). The number of nitro groups is 2. The fourth-order valence-electron chi connectivity index (χ4n) is 2.72. The van der Waals surface area contributed by atoms with E-state index in [1.807, 2.05) is 45.2 Å². The smallest absolute Gasteiger partial charge is 0.337 e. The van der Waals surface area contributed by atoms with Crippen LogP contribution in [0.4, 0.5) is 5.69 Å². The predicted octanol–water partition coefficient (Wildman–Crippen LogP) is 2.72. The number of carbonyl (C=O) groups is 2. The van der Waals surface area contributed by atoms with Gasteiger partial charge in [0.1, 0.15) is 9.85 Å². The van der Waals surface area contributed by atoms with Crippen LogP contribution in [0.15, 0.2) is 33.9 Å². The highest BCUT2D eigenvalue weighted by Crippen LogP contribution is 2.40. The second kappa shape index (κ2) is 8.50. The molecule has 10 nitrogen and oxygen atoms in total. The van der Waals surface area contributed by atoms with E-state index in [4.69, 9.17) is 0 Å². The SMILES string of the molecule is CC(=O)Nc1ccc(C2=CC([N+](=O)[O-])([N+](=O)[O-])C(NC(C)=O)C=C2I)c(I)c1. The van der Waals surface area contributed by atoms with Gasteiger partial charge in [0.2, 0.25) is 11.8 Å². The van der Waals surface area contributed by atoms with Crippen molar-refractivity contribution in [1.29, 1.82) is 0 Å². The first-order valence-corrected chi connectivity index (χ1v) is 9.89. The van der Waals surface area contributed by atoms with Crippen molar-refractivity contribution in [2.45, 2.75) is 25.6 Å². The van der Waals surface area contributed by atoms with Crippen LogP contribution >= 0.6 is 45.2 Å². The number of amides is 2. The van der Waals surface area contributed by atoms with E-state index in [9.17, 15) is 29.8 Å². The van der Waals surface area contributed by atoms with Gasteiger partial charge in [-0.15, -0.1) is 0 Å². The average molecular weight is 612 g/mol. The maximum absolute atomic E-state index is 11.7. The van der Waals surface area contributed by atoms with Gasteiger partial charge < -0.3 is 10.6 Å². The monoisotopic (exact) mass is 612 g/mol. The molecule has 1 aliphatic rings. The maximum Gasteiger partial charge on any atom is 0.501 e. The van der Waals surface area contributed by atoms with Gasteiger partial charge in [-0.25, -0.2) is 0 Å². The molecule has 0 aromatic heterocycles. The van der Waals surface area contributed by atoms with Gasteiger partial charge in [-0.05, 0) is 69.0 Å². The molecule has 0 spiro atoms. The lowest BCUT2D eigenvalue weighted by atomic mass is 9.89. The van der Waals surface area contributed by atoms with Gasteiger partial charge in [-0.1, -0.05) is 6.07 Å². The second-order valence-electron chi connectivity index (χ2n) is 5.92. The summed E-state index contributed by atoms with van der Waals surface area (Å²) < 4.78 is 1.15. The van der Waals surface area contributed by atoms with Crippen molar-refractivity contribution < 1.29 is 19.4 Å². The molecule has 28 heavy (non-hydrogen) atoms. The summed E-state index contributed by atoms with van der Waals surface area (Å²) in [6.45, 7) is 2.50. The third-order valence-corrected chi connectivity index (χ3v) is 5.74. The Hall–Kier alpha value is -2.10. The normalized spacial score (nSPS) is 17.8. The van der Waals surface area contributed by atoms with E-state index >= 15 is 0 Å². The molecule has 12 heteroatoms. The van der Waals surface area contributed by atoms with Crippen LogP contribution in [0.25, 0.3) is 5.57 Å². The number of rotatable bonds is 5. The zero-order valence-electron chi connectivity index (χ0n) is 14.6. The topological polar surface area (TPSA) is 144 Å². The van der Waals surface area contributed by atoms with Crippen LogP contribution in [0.1, 0.15) is 19.4 Å². The summed E-state index contributed by atoms with van der Waals surface area (Å²) in [4.78, 5) is 44.1. The summed E-state index contributed by atoms with van der Waals surface area (Å²) in [7, 11) is 0. The van der Waals surface area contributed by atoms with E-state index in [-0.39, 0.29) is 5.91 Å². The zero-order valence-corrected chi connectivity index (χ0v) is 18.9. The number of nitrogens with zero attached hydrogens (tertiary/aromatic N) is 2. The van der Waals surface area contributed by atoms with Crippen LogP contribution in [-0.4, -0.2) is 33.4 Å². The Bertz CT molecular complexity index is 929. The molecule has 1 unspecified atom stereocenters. The lowest BCUT2D eigenvalue weighted by molar-refractivity contribution is -0.782. The number of hydrogen-bond donors (Lipinski definition) is 2. The van der Waals surface area contributed by atoms with Crippen molar-refractivity contribution in [3.8, 4) is 0 Å². The number of hydrogen-bond acceptors (Lipinski definition) is 6. The fraction of sp³-hybridized carbons (Fsp3) is 0.250. The fourth-order valence-corrected chi connectivity index (χ4v) is 4.33. The minimum atomic E-state index is -2.74. The van der Waals surface area contributed by atoms with E-state index in [0.717, 1.165) is 13.0 Å². The summed E-state index contributed by atoms with van der Waals surface area (Å²) in [6, 6.07) is 3.43. The lowest BCUT2D eigenvalue weighted by Gasteiger charge is -2.27. The quantitative estimate of drug-likeness (QED) is 0.227. The van der Waals surface area contributed by atoms with Gasteiger partial charge in [-0.3, -0.25) is 29.8 Å². The largest absolute Gasteiger partial charge is 0.501 e. The van der Waals surface area contributed by atoms with Crippen molar-refractivity contribution in [3.05, 3.63) is 63.3 Å². The maximum atomic E-state index is 11.7. The lowest BCUT2D eigenvalue weighted by Crippen LogP contribution is -2.60. The number of halogens is 2. The molecular formula is C16H14I2N4O6. The number of benzene rings is 1. The van der Waals surface area contributed by atoms with Crippen LogP contribution in [0.3, 0.4) is 0 Å². The molecule has 0 saturated carbocycles. The van der Waals surface area contributed by atoms with Crippen LogP contribution < -0.4 is 10.6 Å². The average Bonchev–Trinajstić information content (AvgIpc) is 2.54. The van der Waals surface area contributed by atoms with Gasteiger partial charge in [0, 0.05) is 32.3 Å². The highest BCUT2D eigenvalue weighted by atomic mass is 127. The molecule has 0 bridgehead atoms. The highest BCUT2D eigenvalue weighted by molar-refractivity contribution is 14.1. The molecule has 1 aliphatic carbocycles. The van der Waals surface area contributed by atoms with Gasteiger partial charge >= 0.3 is 5.66 Å². The van der Waals surface area contributed by atoms with Crippen LogP contribution in [0.2, 0.25) is 0 Å². The molecule has 2 N–H and O–H groups in total. The first kappa shape index (κ1) is 22.2. The highest BCUT2D eigenvalue weighted by Gasteiger charge is 2.63. The number of carbonyl (C=O) groups excluding carboxylic acids is 2. The van der Waals surface area contributed by atoms with Crippen LogP contribution in [0.5, 0.6) is 0 Å². The van der Waals surface area contributed by atoms with Crippen molar-refractivity contribution in [1.82, 2.24) is 5.32 Å². The molecule has 2 amide bonds. The Morgan fingerprint density at radius 1 is 1.11 bits per heavy atom. The molecule has 1 aromatic carbocycles. The predicted molar refractivity (Wildman–Crippen MR) is 118 cm³/mol. The Labute approximate surface area is 186 Å². The molecule has 0 radical (unpaired) electrons. The zero-order chi connectivity index (χ0) is 21.2. The summed E-state index contributed by atoms with van der Waals surface area (Å²) in [6.07, 6.45) is 2.27. The van der Waals surface area contributed by atoms with Crippen LogP contribution in [0, 0.1) is 23.8 Å². The van der Waals surface area contributed by atoms with Gasteiger partial charge in [-0.2, -0.15) is 0 Å². The first-order chi connectivity index (χ1) is 13.0. The molecule has 1 aromatic rings. The number of anilines is 1. The van der Waals surface area contributed by atoms with E-state index in [0.29, 0.717) is 24.0 Å². The van der Waals surface area contributed by atoms with Crippen molar-refractivity contribution in [3.63, 3.8) is 0 Å². The summed E-state index contributed by atoms with van der Waals surface area (Å²) >= 11 is 3.90. The third-order valence-electron chi connectivity index (χ3n) is 3.91. The van der Waals surface area contributed by atoms with E-state index in [2.05, 4.69) is 10.6 Å². The Balaban J connectivity index is 2.64. The van der Waals surface area contributed by atoms with Crippen molar-refractivity contribution >= 4 is 68.3 Å². The third kappa shape index (κ3) is 4.31. The standard InChI is InChI=1S/C16H14I2N4O6/c1-8(23)19-10-3-4-11(13(17)5-10)12-7-16(21(25)26,22(27)28)15(6-14(12)18)20-9(2)24/h3-7,15H,1-2H3,(H,19,23)(H,20,24). The molecule has 0 fully saturated rings. The first-order valence-electron chi connectivity index (χ1n) is 7.73. The Morgan fingerprint density at radius 2 is 1.71 bits per heavy atom. The van der Waals surface area contributed by atoms with Gasteiger partial charge in [0.15, 0.2) is 6.04 Å². The number of nitrogens with one attached hydrogen (secondary N) is 2. The second-order valence-corrected chi connectivity index (χ2v) is 8.25. The molecule has 1 atom stereocenters. The van der Waals surface area contributed by atoms with E-state index in [1.54, 1.807) is 18.2 Å². The van der Waals surface area contributed by atoms with Crippen LogP contribution in [-0.2, 0) is 9.59 Å². The van der Waals surface area contributed by atoms with Crippen molar-refractivity contribution in [2.75, 3.05) is 5.32 Å². The van der Waals surface area contributed by atoms with Gasteiger partial charge in [0.25, 0.3) is 0 Å². The molecular weight excluding hydrogens is 598 g/mol. The van der Waals surface area contributed by atoms with E-state index < -0.39 is 27.5 Å².